The molecule has 12 heavy (non-hydrogen) atoms. The minimum absolute atomic E-state index is 0.0709. The Kier molecular flexibility index (Phi) is 4.31. The predicted molar refractivity (Wildman–Crippen MR) is 49.7 cm³/mol. The molecule has 0 heterocycles. The Balaban J connectivity index is 4.17. The molecule has 0 saturated carbocycles. The molecular weight excluding hydrogens is 176 g/mol. The highest BCUT2D eigenvalue weighted by atomic mass is 32.2. The molecule has 0 N–H and O–H groups in total. The van der Waals surface area contributed by atoms with E-state index in [0.29, 0.717) is 12.4 Å². The highest BCUT2D eigenvalue weighted by molar-refractivity contribution is 7.92. The van der Waals surface area contributed by atoms with Crippen molar-refractivity contribution < 1.29 is 13.2 Å². The average Bonchev–Trinajstić information content (AvgIpc) is 1.85. The minimum Gasteiger partial charge on any atom is -0.498 e. The van der Waals surface area contributed by atoms with Crippen LogP contribution in [0.5, 0.6) is 0 Å². The van der Waals surface area contributed by atoms with E-state index in [-0.39, 0.29) is 11.0 Å². The van der Waals surface area contributed by atoms with Gasteiger partial charge in [0.25, 0.3) is 0 Å². The third-order valence-corrected chi connectivity index (χ3v) is 3.59. The van der Waals surface area contributed by atoms with Crippen molar-refractivity contribution in [3.63, 3.8) is 0 Å². The van der Waals surface area contributed by atoms with Gasteiger partial charge < -0.3 is 4.74 Å². The third kappa shape index (κ3) is 3.76. The van der Waals surface area contributed by atoms with Crippen LogP contribution in [0.2, 0.25) is 0 Å². The first-order chi connectivity index (χ1) is 5.40. The zero-order chi connectivity index (χ0) is 9.78. The van der Waals surface area contributed by atoms with Gasteiger partial charge in [0.2, 0.25) is 0 Å². The van der Waals surface area contributed by atoms with Crippen molar-refractivity contribution in [3.8, 4) is 0 Å². The van der Waals surface area contributed by atoms with E-state index < -0.39 is 9.84 Å². The van der Waals surface area contributed by atoms with Gasteiger partial charge in [-0.2, -0.15) is 0 Å². The van der Waals surface area contributed by atoms with E-state index in [9.17, 15) is 8.42 Å². The summed E-state index contributed by atoms with van der Waals surface area (Å²) in [5, 5.41) is -0.366. The fourth-order valence-corrected chi connectivity index (χ4v) is 1.50. The summed E-state index contributed by atoms with van der Waals surface area (Å²) in [5.41, 5.74) is 0. The molecule has 0 aliphatic carbocycles. The lowest BCUT2D eigenvalue weighted by Crippen LogP contribution is -2.19. The molecular formula is C8H16O3S. The molecule has 0 radical (unpaired) electrons. The van der Waals surface area contributed by atoms with Gasteiger partial charge in [-0.15, -0.1) is 0 Å². The van der Waals surface area contributed by atoms with Gasteiger partial charge in [0.15, 0.2) is 9.84 Å². The highest BCUT2D eigenvalue weighted by Gasteiger charge is 2.17. The summed E-state index contributed by atoms with van der Waals surface area (Å²) in [7, 11) is -3.04. The number of hydrogen-bond acceptors (Lipinski definition) is 3. The molecule has 0 bridgehead atoms. The minimum atomic E-state index is -3.04. The third-order valence-electron chi connectivity index (χ3n) is 1.43. The van der Waals surface area contributed by atoms with Gasteiger partial charge >= 0.3 is 0 Å². The van der Waals surface area contributed by atoms with Crippen LogP contribution in [0, 0.1) is 0 Å². The molecule has 0 saturated heterocycles. The summed E-state index contributed by atoms with van der Waals surface area (Å²) in [6, 6.07) is 0. The van der Waals surface area contributed by atoms with Crippen molar-refractivity contribution in [2.45, 2.75) is 26.0 Å². The van der Waals surface area contributed by atoms with Crippen molar-refractivity contribution in [2.75, 3.05) is 12.4 Å². The molecule has 0 aromatic rings. The van der Waals surface area contributed by atoms with Gasteiger partial charge in [0, 0.05) is 0 Å². The Labute approximate surface area is 74.3 Å². The molecule has 0 aliphatic heterocycles. The second kappa shape index (κ2) is 4.50. The molecule has 0 amide bonds. The lowest BCUT2D eigenvalue weighted by Gasteiger charge is -2.09. The van der Waals surface area contributed by atoms with Crippen LogP contribution in [0.25, 0.3) is 0 Å². The first-order valence-corrected chi connectivity index (χ1v) is 5.63. The normalized spacial score (nSPS) is 11.7. The number of ether oxygens (including phenoxy) is 1. The molecule has 0 atom stereocenters. The van der Waals surface area contributed by atoms with Gasteiger partial charge in [-0.05, 0) is 20.8 Å². The summed E-state index contributed by atoms with van der Waals surface area (Å²) < 4.78 is 27.5. The van der Waals surface area contributed by atoms with Crippen LogP contribution in [0.3, 0.4) is 0 Å². The van der Waals surface area contributed by atoms with Crippen molar-refractivity contribution in [1.29, 1.82) is 0 Å². The lowest BCUT2D eigenvalue weighted by atomic mass is 10.6. The van der Waals surface area contributed by atoms with E-state index in [4.69, 9.17) is 4.74 Å². The smallest absolute Gasteiger partial charge is 0.159 e. The van der Waals surface area contributed by atoms with Gasteiger partial charge in [-0.25, -0.2) is 8.42 Å². The van der Waals surface area contributed by atoms with Crippen LogP contribution >= 0.6 is 0 Å². The van der Waals surface area contributed by atoms with Crippen LogP contribution in [-0.2, 0) is 14.6 Å². The molecule has 0 rings (SSSR count). The van der Waals surface area contributed by atoms with Crippen molar-refractivity contribution >= 4 is 9.84 Å². The molecule has 0 aromatic heterocycles. The molecule has 72 valence electrons. The summed E-state index contributed by atoms with van der Waals surface area (Å²) in [4.78, 5) is 0. The predicted octanol–water partition coefficient (Wildman–Crippen LogP) is 1.36. The molecule has 4 heteroatoms. The maximum absolute atomic E-state index is 11.3. The van der Waals surface area contributed by atoms with E-state index in [1.165, 1.54) is 0 Å². The second-order valence-electron chi connectivity index (χ2n) is 2.83. The topological polar surface area (TPSA) is 43.4 Å². The van der Waals surface area contributed by atoms with E-state index in [2.05, 4.69) is 6.58 Å². The van der Waals surface area contributed by atoms with E-state index in [1.54, 1.807) is 20.8 Å². The summed E-state index contributed by atoms with van der Waals surface area (Å²) in [6.45, 7) is 9.07. The van der Waals surface area contributed by atoms with Gasteiger partial charge in [0.05, 0.1) is 11.9 Å². The second-order valence-corrected chi connectivity index (χ2v) is 5.38. The molecule has 0 spiro atoms. The van der Waals surface area contributed by atoms with Gasteiger partial charge in [-0.3, -0.25) is 0 Å². The largest absolute Gasteiger partial charge is 0.498 e. The molecule has 0 fully saturated rings. The molecule has 0 aromatic carbocycles. The van der Waals surface area contributed by atoms with Gasteiger partial charge in [-0.1, -0.05) is 6.58 Å². The van der Waals surface area contributed by atoms with Crippen molar-refractivity contribution in [3.05, 3.63) is 12.3 Å². The summed E-state index contributed by atoms with van der Waals surface area (Å²) in [5.74, 6) is 0.254. The summed E-state index contributed by atoms with van der Waals surface area (Å²) in [6.07, 6.45) is 0. The fourth-order valence-electron chi connectivity index (χ4n) is 0.637. The molecule has 3 nitrogen and oxygen atoms in total. The van der Waals surface area contributed by atoms with Crippen LogP contribution < -0.4 is 0 Å². The Morgan fingerprint density at radius 3 is 2.33 bits per heavy atom. The summed E-state index contributed by atoms with van der Waals surface area (Å²) >= 11 is 0. The monoisotopic (exact) mass is 192 g/mol. The van der Waals surface area contributed by atoms with Gasteiger partial charge in [0.1, 0.15) is 11.5 Å². The standard InChI is InChI=1S/C8H16O3S/c1-5-11-8(4)6-12(9,10)7(2)3/h7H,4-6H2,1-3H3. The van der Waals surface area contributed by atoms with Crippen LogP contribution in [0.4, 0.5) is 0 Å². The zero-order valence-electron chi connectivity index (χ0n) is 7.83. The quantitative estimate of drug-likeness (QED) is 0.618. The first-order valence-electron chi connectivity index (χ1n) is 3.92. The number of rotatable bonds is 5. The van der Waals surface area contributed by atoms with E-state index >= 15 is 0 Å². The van der Waals surface area contributed by atoms with Crippen LogP contribution in [0.1, 0.15) is 20.8 Å². The zero-order valence-corrected chi connectivity index (χ0v) is 8.65. The maximum Gasteiger partial charge on any atom is 0.159 e. The van der Waals surface area contributed by atoms with Crippen molar-refractivity contribution in [1.82, 2.24) is 0 Å². The SMILES string of the molecule is C=C(CS(=O)(=O)C(C)C)OCC. The molecule has 0 aliphatic rings. The number of sulfone groups is 1. The Hall–Kier alpha value is -0.510. The fraction of sp³-hybridized carbons (Fsp3) is 0.750. The average molecular weight is 192 g/mol. The van der Waals surface area contributed by atoms with E-state index in [1.807, 2.05) is 0 Å². The highest BCUT2D eigenvalue weighted by Crippen LogP contribution is 2.06. The van der Waals surface area contributed by atoms with Crippen LogP contribution in [0.15, 0.2) is 12.3 Å². The maximum atomic E-state index is 11.3. The Bertz CT molecular complexity index is 239. The number of hydrogen-bond donors (Lipinski definition) is 0. The first kappa shape index (κ1) is 11.5. The lowest BCUT2D eigenvalue weighted by molar-refractivity contribution is 0.234. The van der Waals surface area contributed by atoms with E-state index in [0.717, 1.165) is 0 Å². The molecule has 0 unspecified atom stereocenters. The van der Waals surface area contributed by atoms with Crippen LogP contribution in [-0.4, -0.2) is 26.0 Å². The van der Waals surface area contributed by atoms with Crippen molar-refractivity contribution in [2.24, 2.45) is 0 Å². The Morgan fingerprint density at radius 2 is 2.00 bits per heavy atom. The Morgan fingerprint density at radius 1 is 1.50 bits per heavy atom.